The van der Waals surface area contributed by atoms with Crippen molar-refractivity contribution in [3.8, 4) is 0 Å². The van der Waals surface area contributed by atoms with E-state index in [-0.39, 0.29) is 23.8 Å². The molecule has 4 rings (SSSR count). The number of nitrogens with one attached hydrogen (secondary N) is 1. The van der Waals surface area contributed by atoms with Gasteiger partial charge in [0.05, 0.1) is 16.6 Å². The summed E-state index contributed by atoms with van der Waals surface area (Å²) in [6.45, 7) is 2.39. The maximum absolute atomic E-state index is 13.8. The predicted octanol–water partition coefficient (Wildman–Crippen LogP) is 6.16. The third kappa shape index (κ3) is 5.42. The zero-order chi connectivity index (χ0) is 24.2. The SMILES string of the molecule is C[C@@H](c1ccccc1)N(Cc1cc(NC(=O)C2CC2)ccc1N(C)C)C(=O)c1ccccc1Cl. The summed E-state index contributed by atoms with van der Waals surface area (Å²) in [5.41, 5.74) is 4.18. The lowest BCUT2D eigenvalue weighted by Crippen LogP contribution is -2.34. The number of benzene rings is 3. The van der Waals surface area contributed by atoms with Gasteiger partial charge in [0.2, 0.25) is 5.91 Å². The van der Waals surface area contributed by atoms with Gasteiger partial charge in [-0.1, -0.05) is 54.1 Å². The highest BCUT2D eigenvalue weighted by Gasteiger charge is 2.30. The monoisotopic (exact) mass is 475 g/mol. The lowest BCUT2D eigenvalue weighted by Gasteiger charge is -2.32. The van der Waals surface area contributed by atoms with Crippen LogP contribution in [0, 0.1) is 5.92 Å². The molecule has 0 radical (unpaired) electrons. The first kappa shape index (κ1) is 23.8. The first-order chi connectivity index (χ1) is 16.3. The Morgan fingerprint density at radius 1 is 1.00 bits per heavy atom. The van der Waals surface area contributed by atoms with Crippen LogP contribution >= 0.6 is 11.6 Å². The van der Waals surface area contributed by atoms with E-state index in [1.165, 1.54) is 0 Å². The summed E-state index contributed by atoms with van der Waals surface area (Å²) in [5.74, 6) is 0.0395. The number of rotatable bonds is 8. The van der Waals surface area contributed by atoms with Gasteiger partial charge in [-0.3, -0.25) is 9.59 Å². The van der Waals surface area contributed by atoms with Crippen LogP contribution in [0.25, 0.3) is 0 Å². The van der Waals surface area contributed by atoms with Gasteiger partial charge >= 0.3 is 0 Å². The van der Waals surface area contributed by atoms with E-state index in [4.69, 9.17) is 11.6 Å². The summed E-state index contributed by atoms with van der Waals surface area (Å²) >= 11 is 6.41. The molecule has 5 nitrogen and oxygen atoms in total. The molecule has 1 saturated carbocycles. The minimum atomic E-state index is -0.190. The molecule has 6 heteroatoms. The molecular formula is C28H30ClN3O2. The molecule has 3 aromatic rings. The molecule has 1 aliphatic rings. The molecule has 0 bridgehead atoms. The lowest BCUT2D eigenvalue weighted by molar-refractivity contribution is -0.117. The van der Waals surface area contributed by atoms with E-state index in [1.807, 2.05) is 91.5 Å². The Balaban J connectivity index is 1.72. The van der Waals surface area contributed by atoms with Crippen LogP contribution in [0.2, 0.25) is 5.02 Å². The average Bonchev–Trinajstić information content (AvgIpc) is 3.68. The fraction of sp³-hybridized carbons (Fsp3) is 0.286. The topological polar surface area (TPSA) is 52.7 Å². The number of carbonyl (C=O) groups excluding carboxylic acids is 2. The minimum absolute atomic E-state index is 0.0604. The van der Waals surface area contributed by atoms with Crippen molar-refractivity contribution in [2.75, 3.05) is 24.3 Å². The van der Waals surface area contributed by atoms with Crippen molar-refractivity contribution in [3.05, 3.63) is 94.5 Å². The van der Waals surface area contributed by atoms with E-state index in [2.05, 4.69) is 5.32 Å². The molecule has 2 amide bonds. The van der Waals surface area contributed by atoms with E-state index in [0.29, 0.717) is 17.1 Å². The molecule has 0 heterocycles. The Morgan fingerprint density at radius 2 is 1.68 bits per heavy atom. The van der Waals surface area contributed by atoms with Gasteiger partial charge in [-0.2, -0.15) is 0 Å². The summed E-state index contributed by atoms with van der Waals surface area (Å²) in [6.07, 6.45) is 1.90. The Kier molecular flexibility index (Phi) is 7.23. The van der Waals surface area contributed by atoms with Crippen LogP contribution in [0.3, 0.4) is 0 Å². The van der Waals surface area contributed by atoms with Crippen molar-refractivity contribution in [2.24, 2.45) is 5.92 Å². The molecule has 1 N–H and O–H groups in total. The quantitative estimate of drug-likeness (QED) is 0.424. The highest BCUT2D eigenvalue weighted by atomic mass is 35.5. The van der Waals surface area contributed by atoms with Crippen molar-refractivity contribution in [1.29, 1.82) is 0 Å². The lowest BCUT2D eigenvalue weighted by atomic mass is 10.0. The van der Waals surface area contributed by atoms with Crippen molar-refractivity contribution in [3.63, 3.8) is 0 Å². The summed E-state index contributed by atoms with van der Waals surface area (Å²) in [5, 5.41) is 3.46. The van der Waals surface area contributed by atoms with Gasteiger partial charge in [0.15, 0.2) is 0 Å². The summed E-state index contributed by atoms with van der Waals surface area (Å²) in [4.78, 5) is 30.0. The van der Waals surface area contributed by atoms with Crippen LogP contribution < -0.4 is 10.2 Å². The molecule has 3 aromatic carbocycles. The van der Waals surface area contributed by atoms with Crippen LogP contribution in [0.4, 0.5) is 11.4 Å². The van der Waals surface area contributed by atoms with Gasteiger partial charge in [0.25, 0.3) is 5.91 Å². The maximum Gasteiger partial charge on any atom is 0.256 e. The van der Waals surface area contributed by atoms with Crippen LogP contribution in [-0.2, 0) is 11.3 Å². The third-order valence-corrected chi connectivity index (χ3v) is 6.56. The number of halogens is 1. The number of carbonyl (C=O) groups is 2. The summed E-state index contributed by atoms with van der Waals surface area (Å²) in [6, 6.07) is 22.8. The smallest absolute Gasteiger partial charge is 0.256 e. The molecular weight excluding hydrogens is 446 g/mol. The van der Waals surface area contributed by atoms with E-state index >= 15 is 0 Å². The van der Waals surface area contributed by atoms with Crippen LogP contribution in [0.1, 0.15) is 47.3 Å². The highest BCUT2D eigenvalue weighted by molar-refractivity contribution is 6.33. The fourth-order valence-electron chi connectivity index (χ4n) is 4.09. The average molecular weight is 476 g/mol. The van der Waals surface area contributed by atoms with Gasteiger partial charge in [-0.15, -0.1) is 0 Å². The maximum atomic E-state index is 13.8. The molecule has 0 aliphatic heterocycles. The fourth-order valence-corrected chi connectivity index (χ4v) is 4.30. The van der Waals surface area contributed by atoms with Gasteiger partial charge in [0.1, 0.15) is 0 Å². The second-order valence-electron chi connectivity index (χ2n) is 9.00. The number of nitrogens with zero attached hydrogens (tertiary/aromatic N) is 2. The zero-order valence-electron chi connectivity index (χ0n) is 19.8. The number of anilines is 2. The first-order valence-corrected chi connectivity index (χ1v) is 11.9. The first-order valence-electron chi connectivity index (χ1n) is 11.6. The summed E-state index contributed by atoms with van der Waals surface area (Å²) in [7, 11) is 3.95. The molecule has 1 aliphatic carbocycles. The molecule has 0 spiro atoms. The van der Waals surface area contributed by atoms with E-state index in [9.17, 15) is 9.59 Å². The molecule has 176 valence electrons. The van der Waals surface area contributed by atoms with Crippen LogP contribution in [-0.4, -0.2) is 30.8 Å². The van der Waals surface area contributed by atoms with Crippen LogP contribution in [0.5, 0.6) is 0 Å². The number of hydrogen-bond acceptors (Lipinski definition) is 3. The second kappa shape index (κ2) is 10.3. The van der Waals surface area contributed by atoms with Crippen molar-refractivity contribution < 1.29 is 9.59 Å². The largest absolute Gasteiger partial charge is 0.377 e. The van der Waals surface area contributed by atoms with Gasteiger partial charge in [-0.25, -0.2) is 0 Å². The van der Waals surface area contributed by atoms with Crippen molar-refractivity contribution in [1.82, 2.24) is 4.90 Å². The molecule has 0 unspecified atom stereocenters. The van der Waals surface area contributed by atoms with E-state index in [0.717, 1.165) is 35.3 Å². The molecule has 0 saturated heterocycles. The number of hydrogen-bond donors (Lipinski definition) is 1. The molecule has 1 fully saturated rings. The van der Waals surface area contributed by atoms with Crippen LogP contribution in [0.15, 0.2) is 72.8 Å². The summed E-state index contributed by atoms with van der Waals surface area (Å²) < 4.78 is 0. The molecule has 1 atom stereocenters. The number of amides is 2. The Hall–Kier alpha value is -3.31. The van der Waals surface area contributed by atoms with Gasteiger partial charge in [0, 0.05) is 37.9 Å². The molecule has 0 aromatic heterocycles. The normalized spacial score (nSPS) is 13.8. The van der Waals surface area contributed by atoms with E-state index < -0.39 is 0 Å². The second-order valence-corrected chi connectivity index (χ2v) is 9.41. The van der Waals surface area contributed by atoms with Crippen molar-refractivity contribution in [2.45, 2.75) is 32.4 Å². The third-order valence-electron chi connectivity index (χ3n) is 6.23. The Bertz CT molecular complexity index is 1180. The Morgan fingerprint density at radius 3 is 2.32 bits per heavy atom. The Labute approximate surface area is 206 Å². The minimum Gasteiger partial charge on any atom is -0.377 e. The van der Waals surface area contributed by atoms with Gasteiger partial charge in [-0.05, 0) is 61.2 Å². The molecule has 34 heavy (non-hydrogen) atoms. The predicted molar refractivity (Wildman–Crippen MR) is 138 cm³/mol. The standard InChI is InChI=1S/C28H30ClN3O2/c1-19(20-9-5-4-6-10-20)32(28(34)24-11-7-8-12-25(24)29)18-22-17-23(15-16-26(22)31(2)3)30-27(33)21-13-14-21/h4-12,15-17,19,21H,13-14,18H2,1-3H3,(H,30,33)/t19-/m0/s1. The van der Waals surface area contributed by atoms with Gasteiger partial charge < -0.3 is 15.1 Å². The van der Waals surface area contributed by atoms with E-state index in [1.54, 1.807) is 12.1 Å². The zero-order valence-corrected chi connectivity index (χ0v) is 20.5. The van der Waals surface area contributed by atoms with Crippen molar-refractivity contribution >= 4 is 34.8 Å². The highest BCUT2D eigenvalue weighted by Crippen LogP contribution is 2.33.